The van der Waals surface area contributed by atoms with Crippen molar-refractivity contribution in [2.24, 2.45) is 0 Å². The Morgan fingerprint density at radius 1 is 1.09 bits per heavy atom. The SMILES string of the molecule is COc1ccccc1N1CCN(C(=O)C(CO)NC(=O)Cc2ccc3c(c2)OCO3)CC1. The van der Waals surface area contributed by atoms with E-state index in [0.29, 0.717) is 37.7 Å². The minimum Gasteiger partial charge on any atom is -0.495 e. The van der Waals surface area contributed by atoms with Crippen LogP contribution in [0.25, 0.3) is 0 Å². The van der Waals surface area contributed by atoms with E-state index in [0.717, 1.165) is 17.0 Å². The lowest BCUT2D eigenvalue weighted by molar-refractivity contribution is -0.137. The number of para-hydroxylation sites is 2. The number of aliphatic hydroxyl groups excluding tert-OH is 1. The number of hydrogen-bond donors (Lipinski definition) is 2. The summed E-state index contributed by atoms with van der Waals surface area (Å²) in [4.78, 5) is 29.2. The fraction of sp³-hybridized carbons (Fsp3) is 0.391. The molecule has 32 heavy (non-hydrogen) atoms. The third-order valence-corrected chi connectivity index (χ3v) is 5.63. The number of nitrogens with one attached hydrogen (secondary N) is 1. The van der Waals surface area contributed by atoms with Gasteiger partial charge in [0.2, 0.25) is 18.6 Å². The van der Waals surface area contributed by atoms with Crippen molar-refractivity contribution in [1.82, 2.24) is 10.2 Å². The Morgan fingerprint density at radius 3 is 2.59 bits per heavy atom. The molecule has 0 radical (unpaired) electrons. The van der Waals surface area contributed by atoms with Gasteiger partial charge in [-0.25, -0.2) is 0 Å². The Labute approximate surface area is 186 Å². The van der Waals surface area contributed by atoms with Gasteiger partial charge in [-0.05, 0) is 29.8 Å². The van der Waals surface area contributed by atoms with Crippen molar-refractivity contribution in [2.75, 3.05) is 51.6 Å². The molecule has 170 valence electrons. The zero-order chi connectivity index (χ0) is 22.5. The van der Waals surface area contributed by atoms with Crippen LogP contribution >= 0.6 is 0 Å². The van der Waals surface area contributed by atoms with E-state index in [1.165, 1.54) is 0 Å². The summed E-state index contributed by atoms with van der Waals surface area (Å²) in [6, 6.07) is 12.1. The number of anilines is 1. The normalized spacial score (nSPS) is 15.9. The lowest BCUT2D eigenvalue weighted by atomic mass is 10.1. The van der Waals surface area contributed by atoms with Gasteiger partial charge in [-0.1, -0.05) is 18.2 Å². The molecule has 0 aliphatic carbocycles. The van der Waals surface area contributed by atoms with E-state index in [1.807, 2.05) is 24.3 Å². The van der Waals surface area contributed by atoms with Gasteiger partial charge < -0.3 is 34.4 Å². The maximum absolute atomic E-state index is 12.9. The van der Waals surface area contributed by atoms with Gasteiger partial charge in [0.05, 0.1) is 25.8 Å². The van der Waals surface area contributed by atoms with Gasteiger partial charge in [0, 0.05) is 26.2 Å². The maximum atomic E-state index is 12.9. The molecule has 0 bridgehead atoms. The smallest absolute Gasteiger partial charge is 0.247 e. The van der Waals surface area contributed by atoms with Crippen molar-refractivity contribution in [3.63, 3.8) is 0 Å². The summed E-state index contributed by atoms with van der Waals surface area (Å²) in [5.41, 5.74) is 1.72. The van der Waals surface area contributed by atoms with E-state index in [1.54, 1.807) is 30.2 Å². The van der Waals surface area contributed by atoms with Crippen molar-refractivity contribution in [3.8, 4) is 17.2 Å². The summed E-state index contributed by atoms with van der Waals surface area (Å²) in [5.74, 6) is 1.40. The van der Waals surface area contributed by atoms with Gasteiger partial charge in [0.15, 0.2) is 11.5 Å². The van der Waals surface area contributed by atoms with Crippen molar-refractivity contribution in [2.45, 2.75) is 12.5 Å². The Hall–Kier alpha value is -3.46. The molecule has 2 N–H and O–H groups in total. The molecular formula is C23H27N3O6. The largest absolute Gasteiger partial charge is 0.495 e. The van der Waals surface area contributed by atoms with Crippen LogP contribution in [0.1, 0.15) is 5.56 Å². The highest BCUT2D eigenvalue weighted by atomic mass is 16.7. The standard InChI is InChI=1S/C23H27N3O6/c1-30-19-5-3-2-4-18(19)25-8-10-26(11-9-25)23(29)17(14-27)24-22(28)13-16-6-7-20-21(12-16)32-15-31-20/h2-7,12,17,27H,8-11,13-15H2,1H3,(H,24,28). The molecule has 1 atom stereocenters. The van der Waals surface area contributed by atoms with E-state index in [4.69, 9.17) is 14.2 Å². The number of amides is 2. The van der Waals surface area contributed by atoms with E-state index >= 15 is 0 Å². The van der Waals surface area contributed by atoms with Crippen molar-refractivity contribution in [1.29, 1.82) is 0 Å². The fourth-order valence-corrected chi connectivity index (χ4v) is 3.95. The van der Waals surface area contributed by atoms with Gasteiger partial charge in [0.25, 0.3) is 0 Å². The van der Waals surface area contributed by atoms with Gasteiger partial charge in [0.1, 0.15) is 11.8 Å². The van der Waals surface area contributed by atoms with E-state index in [-0.39, 0.29) is 25.0 Å². The third-order valence-electron chi connectivity index (χ3n) is 5.63. The average molecular weight is 441 g/mol. The van der Waals surface area contributed by atoms with Gasteiger partial charge in [-0.3, -0.25) is 9.59 Å². The first-order valence-electron chi connectivity index (χ1n) is 10.5. The summed E-state index contributed by atoms with van der Waals surface area (Å²) in [7, 11) is 1.64. The van der Waals surface area contributed by atoms with E-state index in [9.17, 15) is 14.7 Å². The highest BCUT2D eigenvalue weighted by Crippen LogP contribution is 2.32. The molecule has 9 heteroatoms. The van der Waals surface area contributed by atoms with Crippen LogP contribution in [0.4, 0.5) is 5.69 Å². The number of nitrogens with zero attached hydrogens (tertiary/aromatic N) is 2. The van der Waals surface area contributed by atoms with E-state index < -0.39 is 12.6 Å². The molecule has 2 amide bonds. The average Bonchev–Trinajstić information content (AvgIpc) is 3.30. The number of piperazine rings is 1. The molecule has 0 spiro atoms. The lowest BCUT2D eigenvalue weighted by Crippen LogP contribution is -2.56. The number of benzene rings is 2. The van der Waals surface area contributed by atoms with Crippen molar-refractivity contribution in [3.05, 3.63) is 48.0 Å². The van der Waals surface area contributed by atoms with Crippen LogP contribution in [-0.2, 0) is 16.0 Å². The van der Waals surface area contributed by atoms with Crippen LogP contribution in [0.15, 0.2) is 42.5 Å². The molecule has 1 fully saturated rings. The zero-order valence-electron chi connectivity index (χ0n) is 18.0. The van der Waals surface area contributed by atoms with Crippen LogP contribution in [-0.4, -0.2) is 74.6 Å². The second-order valence-electron chi connectivity index (χ2n) is 7.65. The molecule has 4 rings (SSSR count). The molecule has 2 aromatic rings. The van der Waals surface area contributed by atoms with Gasteiger partial charge in [-0.15, -0.1) is 0 Å². The Morgan fingerprint density at radius 2 is 1.84 bits per heavy atom. The van der Waals surface area contributed by atoms with Crippen LogP contribution in [0.3, 0.4) is 0 Å². The molecule has 0 saturated carbocycles. The lowest BCUT2D eigenvalue weighted by Gasteiger charge is -2.37. The molecule has 1 unspecified atom stereocenters. The third kappa shape index (κ3) is 4.72. The summed E-state index contributed by atoms with van der Waals surface area (Å²) in [5, 5.41) is 12.4. The first kappa shape index (κ1) is 21.8. The molecule has 1 saturated heterocycles. The van der Waals surface area contributed by atoms with Crippen LogP contribution in [0.5, 0.6) is 17.2 Å². The molecule has 2 aliphatic rings. The number of rotatable bonds is 7. The maximum Gasteiger partial charge on any atom is 0.247 e. The Bertz CT molecular complexity index is 974. The molecule has 2 heterocycles. The first-order valence-corrected chi connectivity index (χ1v) is 10.5. The number of hydrogen-bond acceptors (Lipinski definition) is 7. The number of carbonyl (C=O) groups excluding carboxylic acids is 2. The second kappa shape index (κ2) is 9.78. The predicted octanol–water partition coefficient (Wildman–Crippen LogP) is 0.792. The number of aliphatic hydroxyl groups is 1. The quantitative estimate of drug-likeness (QED) is 0.655. The minimum absolute atomic E-state index is 0.0714. The summed E-state index contributed by atoms with van der Waals surface area (Å²) < 4.78 is 16.0. The molecular weight excluding hydrogens is 414 g/mol. The Balaban J connectivity index is 1.31. The number of carbonyl (C=O) groups is 2. The van der Waals surface area contributed by atoms with E-state index in [2.05, 4.69) is 10.2 Å². The van der Waals surface area contributed by atoms with Crippen LogP contribution in [0, 0.1) is 0 Å². The summed E-state index contributed by atoms with van der Waals surface area (Å²) in [6.07, 6.45) is 0.0714. The summed E-state index contributed by atoms with van der Waals surface area (Å²) in [6.45, 7) is 1.95. The number of fused-ring (bicyclic) bond motifs is 1. The number of ether oxygens (including phenoxy) is 3. The van der Waals surface area contributed by atoms with Gasteiger partial charge >= 0.3 is 0 Å². The molecule has 2 aromatic carbocycles. The predicted molar refractivity (Wildman–Crippen MR) is 117 cm³/mol. The highest BCUT2D eigenvalue weighted by Gasteiger charge is 2.29. The van der Waals surface area contributed by atoms with Gasteiger partial charge in [-0.2, -0.15) is 0 Å². The van der Waals surface area contributed by atoms with Crippen LogP contribution in [0.2, 0.25) is 0 Å². The van der Waals surface area contributed by atoms with Crippen LogP contribution < -0.4 is 24.4 Å². The minimum atomic E-state index is -0.977. The molecule has 0 aromatic heterocycles. The fourth-order valence-electron chi connectivity index (χ4n) is 3.95. The van der Waals surface area contributed by atoms with Crippen molar-refractivity contribution >= 4 is 17.5 Å². The summed E-state index contributed by atoms with van der Waals surface area (Å²) >= 11 is 0. The van der Waals surface area contributed by atoms with Crippen molar-refractivity contribution < 1.29 is 28.9 Å². The Kier molecular flexibility index (Phi) is 6.65. The first-order chi connectivity index (χ1) is 15.6. The second-order valence-corrected chi connectivity index (χ2v) is 7.65. The molecule has 2 aliphatic heterocycles. The monoisotopic (exact) mass is 441 g/mol. The number of methoxy groups -OCH3 is 1. The zero-order valence-corrected chi connectivity index (χ0v) is 18.0. The highest BCUT2D eigenvalue weighted by molar-refractivity contribution is 5.88. The molecule has 9 nitrogen and oxygen atoms in total. The topological polar surface area (TPSA) is 101 Å².